The van der Waals surface area contributed by atoms with E-state index in [4.69, 9.17) is 0 Å². The van der Waals surface area contributed by atoms with Crippen LogP contribution >= 0.6 is 31.9 Å². The van der Waals surface area contributed by atoms with E-state index in [2.05, 4.69) is 68.3 Å². The van der Waals surface area contributed by atoms with Crippen molar-refractivity contribution in [1.82, 2.24) is 15.0 Å². The van der Waals surface area contributed by atoms with E-state index in [0.29, 0.717) is 6.54 Å². The summed E-state index contributed by atoms with van der Waals surface area (Å²) in [6.45, 7) is 6.95. The summed E-state index contributed by atoms with van der Waals surface area (Å²) < 4.78 is 3.94. The molecule has 0 spiro atoms. The van der Waals surface area contributed by atoms with Crippen LogP contribution in [0.25, 0.3) is 0 Å². The average molecular weight is 388 g/mol. The number of rotatable bonds is 3. The third kappa shape index (κ3) is 3.79. The summed E-state index contributed by atoms with van der Waals surface area (Å²) in [6, 6.07) is 6.02. The highest BCUT2D eigenvalue weighted by Gasteiger charge is 2.14. The maximum atomic E-state index is 4.17. The first-order valence-corrected chi connectivity index (χ1v) is 7.55. The minimum Gasteiger partial charge on any atom is -0.378 e. The van der Waals surface area contributed by atoms with Gasteiger partial charge in [-0.25, -0.2) is 4.68 Å². The third-order valence-electron chi connectivity index (χ3n) is 2.62. The van der Waals surface area contributed by atoms with Crippen molar-refractivity contribution >= 4 is 37.5 Å². The van der Waals surface area contributed by atoms with Gasteiger partial charge in [0.15, 0.2) is 0 Å². The van der Waals surface area contributed by atoms with Gasteiger partial charge < -0.3 is 5.32 Å². The van der Waals surface area contributed by atoms with Crippen molar-refractivity contribution in [3.05, 3.63) is 39.0 Å². The quantitative estimate of drug-likeness (QED) is 0.859. The number of nitrogens with zero attached hydrogens (tertiary/aromatic N) is 3. The molecule has 1 heterocycles. The van der Waals surface area contributed by atoms with Gasteiger partial charge in [-0.1, -0.05) is 21.1 Å². The first-order valence-electron chi connectivity index (χ1n) is 5.97. The van der Waals surface area contributed by atoms with E-state index in [1.807, 2.05) is 29.1 Å². The predicted molar refractivity (Wildman–Crippen MR) is 84.2 cm³/mol. The molecule has 0 atom stereocenters. The fourth-order valence-electron chi connectivity index (χ4n) is 1.53. The lowest BCUT2D eigenvalue weighted by atomic mass is 10.1. The van der Waals surface area contributed by atoms with Crippen LogP contribution in [-0.4, -0.2) is 15.0 Å². The Labute approximate surface area is 129 Å². The smallest absolute Gasteiger partial charge is 0.102 e. The highest BCUT2D eigenvalue weighted by atomic mass is 79.9. The van der Waals surface area contributed by atoms with Gasteiger partial charge in [0.05, 0.1) is 18.3 Å². The fraction of sp³-hybridized carbons (Fsp3) is 0.385. The van der Waals surface area contributed by atoms with E-state index in [-0.39, 0.29) is 5.54 Å². The zero-order valence-electron chi connectivity index (χ0n) is 11.1. The Morgan fingerprint density at radius 1 is 1.26 bits per heavy atom. The number of anilines is 1. The van der Waals surface area contributed by atoms with E-state index in [0.717, 1.165) is 20.3 Å². The third-order valence-corrected chi connectivity index (χ3v) is 3.80. The van der Waals surface area contributed by atoms with Crippen LogP contribution in [0.2, 0.25) is 0 Å². The molecule has 0 fully saturated rings. The van der Waals surface area contributed by atoms with Crippen LogP contribution in [0.15, 0.2) is 33.3 Å². The summed E-state index contributed by atoms with van der Waals surface area (Å²) in [7, 11) is 0. The van der Waals surface area contributed by atoms with Gasteiger partial charge in [-0.15, -0.1) is 5.10 Å². The molecule has 0 aliphatic heterocycles. The van der Waals surface area contributed by atoms with Crippen molar-refractivity contribution in [3.8, 4) is 0 Å². The second kappa shape index (κ2) is 5.63. The summed E-state index contributed by atoms with van der Waals surface area (Å²) in [4.78, 5) is 0. The molecule has 1 N–H and O–H groups in total. The molecule has 2 rings (SSSR count). The monoisotopic (exact) mass is 386 g/mol. The first-order chi connectivity index (χ1) is 8.86. The summed E-state index contributed by atoms with van der Waals surface area (Å²) in [6.07, 6.45) is 1.97. The van der Waals surface area contributed by atoms with Gasteiger partial charge in [-0.3, -0.25) is 0 Å². The molecule has 6 heteroatoms. The fourth-order valence-corrected chi connectivity index (χ4v) is 2.27. The molecular formula is C13H16Br2N4. The lowest BCUT2D eigenvalue weighted by Crippen LogP contribution is -2.22. The molecule has 0 saturated heterocycles. The molecule has 0 saturated carbocycles. The molecule has 0 bridgehead atoms. The molecule has 4 nitrogen and oxygen atoms in total. The molecule has 0 amide bonds. The van der Waals surface area contributed by atoms with Crippen molar-refractivity contribution in [2.75, 3.05) is 5.32 Å². The number of hydrogen-bond donors (Lipinski definition) is 1. The Morgan fingerprint density at radius 2 is 2.00 bits per heavy atom. The minimum absolute atomic E-state index is 0.0401. The molecule has 102 valence electrons. The van der Waals surface area contributed by atoms with Gasteiger partial charge in [0.1, 0.15) is 5.69 Å². The van der Waals surface area contributed by atoms with Gasteiger partial charge >= 0.3 is 0 Å². The van der Waals surface area contributed by atoms with E-state index in [1.54, 1.807) is 0 Å². The second-order valence-corrected chi connectivity index (χ2v) is 7.07. The molecule has 0 aliphatic carbocycles. The van der Waals surface area contributed by atoms with Crippen molar-refractivity contribution in [2.24, 2.45) is 0 Å². The number of benzene rings is 1. The van der Waals surface area contributed by atoms with Gasteiger partial charge in [0.25, 0.3) is 0 Å². The average Bonchev–Trinajstić information content (AvgIpc) is 2.79. The van der Waals surface area contributed by atoms with Gasteiger partial charge in [-0.05, 0) is 54.9 Å². The zero-order valence-corrected chi connectivity index (χ0v) is 14.3. The Balaban J connectivity index is 2.06. The topological polar surface area (TPSA) is 42.7 Å². The van der Waals surface area contributed by atoms with E-state index < -0.39 is 0 Å². The maximum Gasteiger partial charge on any atom is 0.102 e. The standard InChI is InChI=1S/C13H16Br2N4/c1-13(2,3)19-8-10(17-18-19)7-16-12-6-9(14)4-5-11(12)15/h4-6,8,16H,7H2,1-3H3. The second-order valence-electron chi connectivity index (χ2n) is 5.30. The highest BCUT2D eigenvalue weighted by Crippen LogP contribution is 2.26. The molecule has 19 heavy (non-hydrogen) atoms. The highest BCUT2D eigenvalue weighted by molar-refractivity contribution is 9.11. The zero-order chi connectivity index (χ0) is 14.0. The Bertz CT molecular complexity index is 572. The van der Waals surface area contributed by atoms with E-state index in [9.17, 15) is 0 Å². The summed E-state index contributed by atoms with van der Waals surface area (Å²) in [5.41, 5.74) is 1.91. The molecule has 1 aromatic carbocycles. The Hall–Kier alpha value is -0.880. The molecule has 0 radical (unpaired) electrons. The molecular weight excluding hydrogens is 372 g/mol. The Morgan fingerprint density at radius 3 is 2.63 bits per heavy atom. The van der Waals surface area contributed by atoms with Gasteiger partial charge in [-0.2, -0.15) is 0 Å². The van der Waals surface area contributed by atoms with Crippen molar-refractivity contribution in [3.63, 3.8) is 0 Å². The minimum atomic E-state index is -0.0401. The largest absolute Gasteiger partial charge is 0.378 e. The summed E-state index contributed by atoms with van der Waals surface area (Å²) in [5, 5.41) is 11.7. The van der Waals surface area contributed by atoms with Crippen LogP contribution < -0.4 is 5.32 Å². The lowest BCUT2D eigenvalue weighted by Gasteiger charge is -2.17. The summed E-state index contributed by atoms with van der Waals surface area (Å²) in [5.74, 6) is 0. The molecule has 2 aromatic rings. The van der Waals surface area contributed by atoms with Crippen LogP contribution in [0.5, 0.6) is 0 Å². The number of nitrogens with one attached hydrogen (secondary N) is 1. The molecule has 0 aliphatic rings. The van der Waals surface area contributed by atoms with E-state index in [1.165, 1.54) is 0 Å². The van der Waals surface area contributed by atoms with Crippen LogP contribution in [0, 0.1) is 0 Å². The van der Waals surface area contributed by atoms with Crippen LogP contribution in [0.1, 0.15) is 26.5 Å². The normalized spacial score (nSPS) is 11.6. The molecule has 1 aromatic heterocycles. The van der Waals surface area contributed by atoms with Gasteiger partial charge in [0.2, 0.25) is 0 Å². The number of halogens is 2. The van der Waals surface area contributed by atoms with E-state index >= 15 is 0 Å². The first kappa shape index (κ1) is 14.5. The van der Waals surface area contributed by atoms with Crippen LogP contribution in [0.4, 0.5) is 5.69 Å². The van der Waals surface area contributed by atoms with Crippen LogP contribution in [-0.2, 0) is 12.1 Å². The van der Waals surface area contributed by atoms with Gasteiger partial charge in [0, 0.05) is 14.6 Å². The van der Waals surface area contributed by atoms with Crippen molar-refractivity contribution in [1.29, 1.82) is 0 Å². The number of aromatic nitrogens is 3. The maximum absolute atomic E-state index is 4.17. The summed E-state index contributed by atoms with van der Waals surface area (Å²) >= 11 is 6.98. The molecule has 0 unspecified atom stereocenters. The van der Waals surface area contributed by atoms with Crippen LogP contribution in [0.3, 0.4) is 0 Å². The Kier molecular flexibility index (Phi) is 4.30. The SMILES string of the molecule is CC(C)(C)n1cc(CNc2cc(Br)ccc2Br)nn1. The van der Waals surface area contributed by atoms with Crippen molar-refractivity contribution < 1.29 is 0 Å². The number of hydrogen-bond acceptors (Lipinski definition) is 3. The lowest BCUT2D eigenvalue weighted by molar-refractivity contribution is 0.347. The predicted octanol–water partition coefficient (Wildman–Crippen LogP) is 4.17. The van der Waals surface area contributed by atoms with Crippen molar-refractivity contribution in [2.45, 2.75) is 32.9 Å².